The van der Waals surface area contributed by atoms with Crippen molar-refractivity contribution < 1.29 is 9.05 Å². The van der Waals surface area contributed by atoms with Gasteiger partial charge in [-0.25, -0.2) is 0 Å². The fourth-order valence-corrected chi connectivity index (χ4v) is 3.24. The van der Waals surface area contributed by atoms with E-state index in [4.69, 9.17) is 9.05 Å². The van der Waals surface area contributed by atoms with Crippen LogP contribution in [0.4, 0.5) is 0 Å². The zero-order valence-electron chi connectivity index (χ0n) is 18.5. The number of piperazine rings is 1. The van der Waals surface area contributed by atoms with Gasteiger partial charge < -0.3 is 9.05 Å². The molecular formula is C20H34N6O2. The Morgan fingerprint density at radius 3 is 1.25 bits per heavy atom. The van der Waals surface area contributed by atoms with Crippen molar-refractivity contribution in [1.82, 2.24) is 30.1 Å². The molecule has 0 N–H and O–H groups in total. The molecule has 0 aliphatic carbocycles. The molecule has 3 heterocycles. The largest absolute Gasteiger partial charge is 0.338 e. The Morgan fingerprint density at radius 1 is 0.679 bits per heavy atom. The molecule has 1 fully saturated rings. The maximum absolute atomic E-state index is 5.53. The van der Waals surface area contributed by atoms with E-state index in [0.717, 1.165) is 37.8 Å². The number of aromatic nitrogens is 4. The van der Waals surface area contributed by atoms with Crippen LogP contribution in [0.15, 0.2) is 9.05 Å². The molecular weight excluding hydrogens is 356 g/mol. The third-order valence-corrected chi connectivity index (χ3v) is 5.38. The highest BCUT2D eigenvalue weighted by Gasteiger charge is 2.31. The second-order valence-electron chi connectivity index (χ2n) is 9.84. The van der Waals surface area contributed by atoms with Crippen LogP contribution in [0.5, 0.6) is 0 Å². The fraction of sp³-hybridized carbons (Fsp3) is 0.800. The molecule has 2 aromatic rings. The van der Waals surface area contributed by atoms with E-state index in [9.17, 15) is 0 Å². The van der Waals surface area contributed by atoms with Crippen molar-refractivity contribution in [1.29, 1.82) is 0 Å². The van der Waals surface area contributed by atoms with E-state index in [2.05, 4.69) is 85.5 Å². The minimum Gasteiger partial charge on any atom is -0.338 e. The van der Waals surface area contributed by atoms with E-state index in [1.54, 1.807) is 0 Å². The van der Waals surface area contributed by atoms with Gasteiger partial charge in [0.15, 0.2) is 11.6 Å². The molecule has 0 aromatic carbocycles. The summed E-state index contributed by atoms with van der Waals surface area (Å²) in [5.74, 6) is 2.90. The maximum Gasteiger partial charge on any atom is 0.243 e. The van der Waals surface area contributed by atoms with Crippen molar-refractivity contribution >= 4 is 0 Å². The van der Waals surface area contributed by atoms with Gasteiger partial charge in [-0.05, 0) is 13.8 Å². The normalized spacial score (nSPS) is 19.7. The van der Waals surface area contributed by atoms with E-state index >= 15 is 0 Å². The Balaban J connectivity index is 1.59. The van der Waals surface area contributed by atoms with E-state index in [-0.39, 0.29) is 22.9 Å². The van der Waals surface area contributed by atoms with Gasteiger partial charge in [0.2, 0.25) is 11.8 Å². The highest BCUT2D eigenvalue weighted by atomic mass is 16.5. The summed E-state index contributed by atoms with van der Waals surface area (Å²) in [4.78, 5) is 14.0. The van der Waals surface area contributed by atoms with Gasteiger partial charge in [0.25, 0.3) is 0 Å². The summed E-state index contributed by atoms with van der Waals surface area (Å²) in [6.07, 6.45) is 0. The van der Waals surface area contributed by atoms with Crippen LogP contribution in [0.3, 0.4) is 0 Å². The number of rotatable bonds is 4. The van der Waals surface area contributed by atoms with Crippen molar-refractivity contribution in [3.05, 3.63) is 23.4 Å². The summed E-state index contributed by atoms with van der Waals surface area (Å²) in [5.41, 5.74) is -0.211. The molecule has 2 atom stereocenters. The lowest BCUT2D eigenvalue weighted by molar-refractivity contribution is 0.0588. The van der Waals surface area contributed by atoms with Gasteiger partial charge in [-0.3, -0.25) is 9.80 Å². The average molecular weight is 391 g/mol. The first kappa shape index (κ1) is 20.9. The molecule has 0 amide bonds. The van der Waals surface area contributed by atoms with E-state index in [1.807, 2.05) is 0 Å². The Labute approximate surface area is 167 Å². The lowest BCUT2D eigenvalue weighted by Crippen LogP contribution is -2.47. The van der Waals surface area contributed by atoms with Gasteiger partial charge in [0.05, 0.1) is 12.1 Å². The van der Waals surface area contributed by atoms with Crippen LogP contribution < -0.4 is 0 Å². The van der Waals surface area contributed by atoms with Crippen molar-refractivity contribution in [2.24, 2.45) is 0 Å². The van der Waals surface area contributed by atoms with Crippen molar-refractivity contribution in [3.63, 3.8) is 0 Å². The standard InChI is InChI=1S/C20H34N6O2/c1-13(15-21-17(23-27-15)19(3,4)5)25-9-11-26(12-10-25)14(2)16-22-18(24-28-16)20(6,7)8/h13-14H,9-12H2,1-8H3/t13-,14+. The van der Waals surface area contributed by atoms with Gasteiger partial charge in [0, 0.05) is 37.0 Å². The van der Waals surface area contributed by atoms with Crippen LogP contribution in [-0.4, -0.2) is 56.3 Å². The Kier molecular flexibility index (Phi) is 5.64. The van der Waals surface area contributed by atoms with E-state index in [1.165, 1.54) is 0 Å². The topological polar surface area (TPSA) is 84.3 Å². The van der Waals surface area contributed by atoms with Gasteiger partial charge in [-0.2, -0.15) is 9.97 Å². The monoisotopic (exact) mass is 390 g/mol. The zero-order chi connectivity index (χ0) is 20.7. The highest BCUT2D eigenvalue weighted by Crippen LogP contribution is 2.27. The molecule has 8 nitrogen and oxygen atoms in total. The molecule has 1 saturated heterocycles. The second-order valence-corrected chi connectivity index (χ2v) is 9.84. The zero-order valence-corrected chi connectivity index (χ0v) is 18.5. The highest BCUT2D eigenvalue weighted by molar-refractivity contribution is 5.04. The van der Waals surface area contributed by atoms with Crippen LogP contribution in [-0.2, 0) is 10.8 Å². The first-order valence-electron chi connectivity index (χ1n) is 10.1. The molecule has 156 valence electrons. The summed E-state index contributed by atoms with van der Waals surface area (Å²) in [6, 6.07) is 0.217. The molecule has 0 spiro atoms. The van der Waals surface area contributed by atoms with Gasteiger partial charge in [-0.1, -0.05) is 51.9 Å². The summed E-state index contributed by atoms with van der Waals surface area (Å²) in [5, 5.41) is 8.31. The number of hydrogen-bond donors (Lipinski definition) is 0. The summed E-state index contributed by atoms with van der Waals surface area (Å²) >= 11 is 0. The molecule has 1 aliphatic rings. The predicted molar refractivity (Wildman–Crippen MR) is 106 cm³/mol. The SMILES string of the molecule is C[C@H](c1nc(C(C)(C)C)no1)N1CCN([C@@H](C)c2nc(C(C)(C)C)no2)CC1. The third-order valence-electron chi connectivity index (χ3n) is 5.38. The van der Waals surface area contributed by atoms with Crippen LogP contribution >= 0.6 is 0 Å². The molecule has 3 rings (SSSR count). The Bertz CT molecular complexity index is 711. The summed E-state index contributed by atoms with van der Waals surface area (Å²) < 4.78 is 11.1. The van der Waals surface area contributed by atoms with Crippen molar-refractivity contribution in [2.75, 3.05) is 26.2 Å². The fourth-order valence-electron chi connectivity index (χ4n) is 3.24. The molecule has 0 saturated carbocycles. The van der Waals surface area contributed by atoms with E-state index in [0.29, 0.717) is 11.8 Å². The lowest BCUT2D eigenvalue weighted by atomic mass is 9.96. The van der Waals surface area contributed by atoms with E-state index < -0.39 is 0 Å². The molecule has 0 bridgehead atoms. The quantitative estimate of drug-likeness (QED) is 0.784. The Morgan fingerprint density at radius 2 is 1.00 bits per heavy atom. The minimum atomic E-state index is -0.106. The van der Waals surface area contributed by atoms with Gasteiger partial charge in [0.1, 0.15) is 0 Å². The smallest absolute Gasteiger partial charge is 0.243 e. The van der Waals surface area contributed by atoms with Crippen molar-refractivity contribution in [2.45, 2.75) is 78.3 Å². The van der Waals surface area contributed by atoms with Gasteiger partial charge in [-0.15, -0.1) is 0 Å². The number of hydrogen-bond acceptors (Lipinski definition) is 8. The van der Waals surface area contributed by atoms with Crippen LogP contribution in [0, 0.1) is 0 Å². The van der Waals surface area contributed by atoms with Crippen molar-refractivity contribution in [3.8, 4) is 0 Å². The summed E-state index contributed by atoms with van der Waals surface area (Å²) in [7, 11) is 0. The molecule has 1 aliphatic heterocycles. The minimum absolute atomic E-state index is 0.106. The molecule has 0 unspecified atom stereocenters. The van der Waals surface area contributed by atoms with Crippen LogP contribution in [0.25, 0.3) is 0 Å². The maximum atomic E-state index is 5.53. The summed E-state index contributed by atoms with van der Waals surface area (Å²) in [6.45, 7) is 20.5. The second kappa shape index (κ2) is 7.55. The molecule has 8 heteroatoms. The van der Waals surface area contributed by atoms with Gasteiger partial charge >= 0.3 is 0 Å². The third kappa shape index (κ3) is 4.43. The molecule has 2 aromatic heterocycles. The number of nitrogens with zero attached hydrogens (tertiary/aromatic N) is 6. The van der Waals surface area contributed by atoms with Crippen LogP contribution in [0.1, 0.15) is 90.9 Å². The Hall–Kier alpha value is -1.80. The predicted octanol–water partition coefficient (Wildman–Crippen LogP) is 3.49. The first-order chi connectivity index (χ1) is 13.0. The molecule has 0 radical (unpaired) electrons. The first-order valence-corrected chi connectivity index (χ1v) is 10.1. The van der Waals surface area contributed by atoms with Crippen LogP contribution in [0.2, 0.25) is 0 Å². The lowest BCUT2D eigenvalue weighted by Gasteiger charge is -2.38. The molecule has 28 heavy (non-hydrogen) atoms. The average Bonchev–Trinajstić information content (AvgIpc) is 3.29.